The predicted molar refractivity (Wildman–Crippen MR) is 84.9 cm³/mol. The van der Waals surface area contributed by atoms with Gasteiger partial charge in [-0.25, -0.2) is 13.2 Å². The first kappa shape index (κ1) is 16.7. The van der Waals surface area contributed by atoms with Gasteiger partial charge in [0.25, 0.3) is 0 Å². The molecule has 2 aromatic carbocycles. The fraction of sp³-hybridized carbons (Fsp3) is 0.125. The van der Waals surface area contributed by atoms with Gasteiger partial charge in [-0.1, -0.05) is 30.3 Å². The van der Waals surface area contributed by atoms with Crippen molar-refractivity contribution in [2.45, 2.75) is 4.90 Å². The molecule has 0 saturated heterocycles. The third kappa shape index (κ3) is 4.17. The molecule has 0 radical (unpaired) electrons. The number of anilines is 1. The Morgan fingerprint density at radius 1 is 1.00 bits per heavy atom. The van der Waals surface area contributed by atoms with Gasteiger partial charge in [-0.15, -0.1) is 0 Å². The lowest BCUT2D eigenvalue weighted by Crippen LogP contribution is -2.24. The van der Waals surface area contributed by atoms with Crippen LogP contribution in [0, 0.1) is 0 Å². The van der Waals surface area contributed by atoms with Crippen molar-refractivity contribution >= 4 is 27.4 Å². The van der Waals surface area contributed by atoms with E-state index in [0.717, 1.165) is 0 Å². The molecule has 0 unspecified atom stereocenters. The highest BCUT2D eigenvalue weighted by Gasteiger charge is 2.20. The number of nitrogens with one attached hydrogen (secondary N) is 1. The smallest absolute Gasteiger partial charge is 0.339 e. The van der Waals surface area contributed by atoms with Gasteiger partial charge in [-0.05, 0) is 24.3 Å². The number of methoxy groups -OCH3 is 1. The molecule has 0 fully saturated rings. The van der Waals surface area contributed by atoms with Crippen LogP contribution in [0.25, 0.3) is 0 Å². The number of hydrogen-bond acceptors (Lipinski definition) is 5. The minimum atomic E-state index is -3.75. The predicted octanol–water partition coefficient (Wildman–Crippen LogP) is 1.89. The van der Waals surface area contributed by atoms with Gasteiger partial charge < -0.3 is 10.1 Å². The van der Waals surface area contributed by atoms with E-state index in [9.17, 15) is 18.0 Å². The third-order valence-electron chi connectivity index (χ3n) is 3.03. The molecule has 0 aliphatic rings. The summed E-state index contributed by atoms with van der Waals surface area (Å²) in [5.41, 5.74) is 0.355. The Labute approximate surface area is 134 Å². The van der Waals surface area contributed by atoms with Gasteiger partial charge in [-0.3, -0.25) is 4.79 Å². The van der Waals surface area contributed by atoms with Crippen molar-refractivity contribution in [1.82, 2.24) is 0 Å². The number of para-hydroxylation sites is 1. The fourth-order valence-electron chi connectivity index (χ4n) is 1.95. The first-order valence-electron chi connectivity index (χ1n) is 6.69. The molecule has 0 bridgehead atoms. The number of esters is 1. The summed E-state index contributed by atoms with van der Waals surface area (Å²) in [4.78, 5) is 23.7. The SMILES string of the molecule is COC(=O)c1ccccc1NC(=O)CS(=O)(=O)c1ccccc1. The molecule has 7 heteroatoms. The monoisotopic (exact) mass is 333 g/mol. The lowest BCUT2D eigenvalue weighted by molar-refractivity contribution is -0.113. The van der Waals surface area contributed by atoms with Gasteiger partial charge in [0.15, 0.2) is 9.84 Å². The highest BCUT2D eigenvalue weighted by atomic mass is 32.2. The van der Waals surface area contributed by atoms with Crippen LogP contribution >= 0.6 is 0 Å². The largest absolute Gasteiger partial charge is 0.465 e. The van der Waals surface area contributed by atoms with Crippen molar-refractivity contribution in [2.24, 2.45) is 0 Å². The average Bonchev–Trinajstić information content (AvgIpc) is 2.55. The zero-order valence-corrected chi connectivity index (χ0v) is 13.2. The van der Waals surface area contributed by atoms with Crippen LogP contribution in [0.4, 0.5) is 5.69 Å². The summed E-state index contributed by atoms with van der Waals surface area (Å²) in [5.74, 6) is -2.07. The van der Waals surface area contributed by atoms with Crippen molar-refractivity contribution in [2.75, 3.05) is 18.2 Å². The average molecular weight is 333 g/mol. The molecule has 0 atom stereocenters. The van der Waals surface area contributed by atoms with Crippen LogP contribution in [0.2, 0.25) is 0 Å². The second-order valence-electron chi connectivity index (χ2n) is 4.66. The van der Waals surface area contributed by atoms with E-state index in [1.54, 1.807) is 30.3 Å². The Morgan fingerprint density at radius 2 is 1.61 bits per heavy atom. The van der Waals surface area contributed by atoms with Gasteiger partial charge in [0, 0.05) is 0 Å². The van der Waals surface area contributed by atoms with Gasteiger partial charge in [0.05, 0.1) is 23.3 Å². The molecule has 23 heavy (non-hydrogen) atoms. The van der Waals surface area contributed by atoms with E-state index < -0.39 is 27.5 Å². The molecule has 0 saturated carbocycles. The first-order chi connectivity index (χ1) is 10.9. The summed E-state index contributed by atoms with van der Waals surface area (Å²) in [7, 11) is -2.52. The fourth-order valence-corrected chi connectivity index (χ4v) is 3.11. The lowest BCUT2D eigenvalue weighted by Gasteiger charge is -2.10. The van der Waals surface area contributed by atoms with E-state index in [0.29, 0.717) is 0 Å². The Kier molecular flexibility index (Phi) is 5.13. The normalized spacial score (nSPS) is 10.8. The van der Waals surface area contributed by atoms with Crippen LogP contribution in [0.1, 0.15) is 10.4 Å². The Bertz CT molecular complexity index is 815. The molecule has 0 spiro atoms. The van der Waals surface area contributed by atoms with E-state index in [1.165, 1.54) is 31.4 Å². The maximum Gasteiger partial charge on any atom is 0.339 e. The summed E-state index contributed by atoms with van der Waals surface area (Å²) in [6.45, 7) is 0. The number of benzene rings is 2. The van der Waals surface area contributed by atoms with Crippen molar-refractivity contribution in [3.8, 4) is 0 Å². The number of ether oxygens (including phenoxy) is 1. The maximum absolute atomic E-state index is 12.2. The highest BCUT2D eigenvalue weighted by molar-refractivity contribution is 7.92. The second kappa shape index (κ2) is 7.06. The molecular formula is C16H15NO5S. The van der Waals surface area contributed by atoms with Gasteiger partial charge in [0.1, 0.15) is 5.75 Å². The molecule has 0 heterocycles. The minimum absolute atomic E-state index is 0.0661. The first-order valence-corrected chi connectivity index (χ1v) is 8.34. The van der Waals surface area contributed by atoms with Crippen molar-refractivity contribution in [3.63, 3.8) is 0 Å². The number of sulfone groups is 1. The molecule has 2 aromatic rings. The molecule has 0 aliphatic heterocycles. The number of carbonyl (C=O) groups excluding carboxylic acids is 2. The summed E-state index contributed by atoms with van der Waals surface area (Å²) in [6, 6.07) is 13.9. The van der Waals surface area contributed by atoms with E-state index >= 15 is 0 Å². The zero-order valence-electron chi connectivity index (χ0n) is 12.4. The Balaban J connectivity index is 2.16. The van der Waals surface area contributed by atoms with Crippen LogP contribution < -0.4 is 5.32 Å². The van der Waals surface area contributed by atoms with Crippen molar-refractivity contribution < 1.29 is 22.7 Å². The quantitative estimate of drug-likeness (QED) is 0.844. The van der Waals surface area contributed by atoms with E-state index in [4.69, 9.17) is 0 Å². The van der Waals surface area contributed by atoms with E-state index in [2.05, 4.69) is 10.1 Å². The number of hydrogen-bond donors (Lipinski definition) is 1. The van der Waals surface area contributed by atoms with E-state index in [-0.39, 0.29) is 16.1 Å². The van der Waals surface area contributed by atoms with Crippen LogP contribution in [0.5, 0.6) is 0 Å². The van der Waals surface area contributed by atoms with Gasteiger partial charge >= 0.3 is 5.97 Å². The summed E-state index contributed by atoms with van der Waals surface area (Å²) >= 11 is 0. The minimum Gasteiger partial charge on any atom is -0.465 e. The molecule has 1 amide bonds. The van der Waals surface area contributed by atoms with E-state index in [1.807, 2.05) is 0 Å². The summed E-state index contributed by atoms with van der Waals surface area (Å²) in [5, 5.41) is 2.43. The molecule has 0 aromatic heterocycles. The lowest BCUT2D eigenvalue weighted by atomic mass is 10.2. The Hall–Kier alpha value is -2.67. The van der Waals surface area contributed by atoms with Crippen LogP contribution in [-0.2, 0) is 19.4 Å². The molecule has 2 rings (SSSR count). The highest BCUT2D eigenvalue weighted by Crippen LogP contribution is 2.17. The van der Waals surface area contributed by atoms with Crippen molar-refractivity contribution in [3.05, 3.63) is 60.2 Å². The van der Waals surface area contributed by atoms with Crippen LogP contribution in [0.15, 0.2) is 59.5 Å². The summed E-state index contributed by atoms with van der Waals surface area (Å²) < 4.78 is 28.9. The zero-order chi connectivity index (χ0) is 16.9. The van der Waals surface area contributed by atoms with Crippen LogP contribution in [0.3, 0.4) is 0 Å². The molecule has 6 nitrogen and oxygen atoms in total. The Morgan fingerprint density at radius 3 is 2.26 bits per heavy atom. The molecule has 120 valence electrons. The van der Waals surface area contributed by atoms with Gasteiger partial charge in [0.2, 0.25) is 5.91 Å². The van der Waals surface area contributed by atoms with Crippen LogP contribution in [-0.4, -0.2) is 33.2 Å². The third-order valence-corrected chi connectivity index (χ3v) is 4.66. The van der Waals surface area contributed by atoms with Crippen molar-refractivity contribution in [1.29, 1.82) is 0 Å². The summed E-state index contributed by atoms with van der Waals surface area (Å²) in [6.07, 6.45) is 0. The molecular weight excluding hydrogens is 318 g/mol. The maximum atomic E-state index is 12.2. The molecule has 1 N–H and O–H groups in total. The molecule has 0 aliphatic carbocycles. The number of rotatable bonds is 5. The topological polar surface area (TPSA) is 89.5 Å². The number of amides is 1. The standard InChI is InChI=1S/C16H15NO5S/c1-22-16(19)13-9-5-6-10-14(13)17-15(18)11-23(20,21)12-7-3-2-4-8-12/h2-10H,11H2,1H3,(H,17,18). The van der Waals surface area contributed by atoms with Gasteiger partial charge in [-0.2, -0.15) is 0 Å². The second-order valence-corrected chi connectivity index (χ2v) is 6.65. The number of carbonyl (C=O) groups is 2.